The van der Waals surface area contributed by atoms with Gasteiger partial charge in [-0.2, -0.15) is 0 Å². The van der Waals surface area contributed by atoms with E-state index in [0.29, 0.717) is 12.8 Å². The second kappa shape index (κ2) is 6.51. The summed E-state index contributed by atoms with van der Waals surface area (Å²) in [6.07, 6.45) is 4.91. The molecular weight excluding hydrogens is 314 g/mol. The number of hydrogen-bond acceptors (Lipinski definition) is 4. The van der Waals surface area contributed by atoms with Crippen LogP contribution in [0.15, 0.2) is 54.9 Å². The van der Waals surface area contributed by atoms with E-state index < -0.39 is 5.97 Å². The fourth-order valence-electron chi connectivity index (χ4n) is 3.43. The fraction of sp³-hybridized carbons (Fsp3) is 0.250. The number of piperidine rings is 1. The van der Waals surface area contributed by atoms with Crippen LogP contribution in [0.5, 0.6) is 0 Å². The van der Waals surface area contributed by atoms with Crippen molar-refractivity contribution in [2.45, 2.75) is 12.8 Å². The number of aromatic nitrogens is 2. The Morgan fingerprint density at radius 3 is 2.52 bits per heavy atom. The molecule has 1 aliphatic rings. The van der Waals surface area contributed by atoms with E-state index in [4.69, 9.17) is 10.1 Å². The molecule has 1 fully saturated rings. The number of nitrogens with zero attached hydrogens (tertiary/aromatic N) is 3. The van der Waals surface area contributed by atoms with E-state index in [9.17, 15) is 4.79 Å². The first-order chi connectivity index (χ1) is 12.2. The van der Waals surface area contributed by atoms with E-state index >= 15 is 0 Å². The Balaban J connectivity index is 1.69. The van der Waals surface area contributed by atoms with Crippen LogP contribution in [0.4, 0.5) is 5.82 Å². The molecule has 1 aromatic carbocycles. The molecule has 0 amide bonds. The molecule has 0 saturated carbocycles. The summed E-state index contributed by atoms with van der Waals surface area (Å²) in [6.45, 7) is 1.46. The number of aliphatic carboxylic acids is 1. The molecule has 5 nitrogen and oxygen atoms in total. The highest BCUT2D eigenvalue weighted by Crippen LogP contribution is 2.30. The molecule has 0 bridgehead atoms. The lowest BCUT2D eigenvalue weighted by Crippen LogP contribution is -2.36. The Bertz CT molecular complexity index is 903. The van der Waals surface area contributed by atoms with Crippen LogP contribution in [-0.2, 0) is 4.79 Å². The van der Waals surface area contributed by atoms with Gasteiger partial charge in [-0.3, -0.25) is 9.78 Å². The summed E-state index contributed by atoms with van der Waals surface area (Å²) in [6, 6.07) is 14.3. The van der Waals surface area contributed by atoms with Gasteiger partial charge in [0.15, 0.2) is 0 Å². The first-order valence-electron chi connectivity index (χ1n) is 8.50. The summed E-state index contributed by atoms with van der Waals surface area (Å²) in [5.74, 6) is -0.00646. The number of fused-ring (bicyclic) bond motifs is 1. The van der Waals surface area contributed by atoms with E-state index in [2.05, 4.69) is 28.1 Å². The standard InChI is InChI=1S/C20H19N3O2/c24-20(25)16-8-12-23(13-9-16)18-5-4-15-2-1-3-17(19(15)22-18)14-6-10-21-11-7-14/h1-7,10-11,16H,8-9,12-13H2,(H,24,25). The molecule has 126 valence electrons. The molecule has 0 aliphatic carbocycles. The van der Waals surface area contributed by atoms with Crippen LogP contribution in [0.3, 0.4) is 0 Å². The van der Waals surface area contributed by atoms with Crippen molar-refractivity contribution in [2.75, 3.05) is 18.0 Å². The van der Waals surface area contributed by atoms with Crippen LogP contribution in [0.25, 0.3) is 22.0 Å². The van der Waals surface area contributed by atoms with Gasteiger partial charge in [0.25, 0.3) is 0 Å². The number of benzene rings is 1. The zero-order valence-corrected chi connectivity index (χ0v) is 13.8. The predicted octanol–water partition coefficient (Wildman–Crippen LogP) is 3.60. The van der Waals surface area contributed by atoms with Crippen molar-refractivity contribution >= 4 is 22.7 Å². The molecule has 0 radical (unpaired) electrons. The van der Waals surface area contributed by atoms with Crippen LogP contribution in [-0.4, -0.2) is 34.1 Å². The smallest absolute Gasteiger partial charge is 0.306 e. The minimum Gasteiger partial charge on any atom is -0.481 e. The molecular formula is C20H19N3O2. The molecule has 0 unspecified atom stereocenters. The van der Waals surface area contributed by atoms with E-state index in [1.54, 1.807) is 12.4 Å². The molecule has 5 heteroatoms. The van der Waals surface area contributed by atoms with Crippen molar-refractivity contribution in [3.8, 4) is 11.1 Å². The van der Waals surface area contributed by atoms with Gasteiger partial charge in [0.1, 0.15) is 5.82 Å². The van der Waals surface area contributed by atoms with Crippen LogP contribution in [0.2, 0.25) is 0 Å². The number of rotatable bonds is 3. The second-order valence-corrected chi connectivity index (χ2v) is 6.38. The SMILES string of the molecule is O=C(O)C1CCN(c2ccc3cccc(-c4ccncc4)c3n2)CC1. The lowest BCUT2D eigenvalue weighted by Gasteiger charge is -2.31. The quantitative estimate of drug-likeness (QED) is 0.793. The maximum absolute atomic E-state index is 11.1. The Labute approximate surface area is 146 Å². The fourth-order valence-corrected chi connectivity index (χ4v) is 3.43. The van der Waals surface area contributed by atoms with Gasteiger partial charge in [0.05, 0.1) is 11.4 Å². The lowest BCUT2D eigenvalue weighted by atomic mass is 9.97. The van der Waals surface area contributed by atoms with Gasteiger partial charge < -0.3 is 10.0 Å². The Kier molecular flexibility index (Phi) is 4.06. The molecule has 3 heterocycles. The molecule has 25 heavy (non-hydrogen) atoms. The highest BCUT2D eigenvalue weighted by atomic mass is 16.4. The summed E-state index contributed by atoms with van der Waals surface area (Å²) >= 11 is 0. The molecule has 1 saturated heterocycles. The van der Waals surface area contributed by atoms with E-state index in [-0.39, 0.29) is 5.92 Å². The first kappa shape index (κ1) is 15.6. The van der Waals surface area contributed by atoms with Crippen molar-refractivity contribution in [3.05, 3.63) is 54.9 Å². The normalized spacial score (nSPS) is 15.4. The van der Waals surface area contributed by atoms with Gasteiger partial charge in [0.2, 0.25) is 0 Å². The van der Waals surface area contributed by atoms with Crippen molar-refractivity contribution in [2.24, 2.45) is 5.92 Å². The summed E-state index contributed by atoms with van der Waals surface area (Å²) in [4.78, 5) is 22.3. The molecule has 0 atom stereocenters. The van der Waals surface area contributed by atoms with Crippen molar-refractivity contribution in [1.82, 2.24) is 9.97 Å². The summed E-state index contributed by atoms with van der Waals surface area (Å²) in [5.41, 5.74) is 3.14. The van der Waals surface area contributed by atoms with Gasteiger partial charge >= 0.3 is 5.97 Å². The Morgan fingerprint density at radius 1 is 1.04 bits per heavy atom. The molecule has 1 N–H and O–H groups in total. The van der Waals surface area contributed by atoms with E-state index in [0.717, 1.165) is 40.9 Å². The largest absolute Gasteiger partial charge is 0.481 e. The van der Waals surface area contributed by atoms with Gasteiger partial charge in [-0.15, -0.1) is 0 Å². The first-order valence-corrected chi connectivity index (χ1v) is 8.50. The maximum atomic E-state index is 11.1. The van der Waals surface area contributed by atoms with Gasteiger partial charge in [0, 0.05) is 36.4 Å². The Morgan fingerprint density at radius 2 is 1.80 bits per heavy atom. The van der Waals surface area contributed by atoms with E-state index in [1.807, 2.05) is 24.3 Å². The molecule has 3 aromatic rings. The maximum Gasteiger partial charge on any atom is 0.306 e. The van der Waals surface area contributed by atoms with Crippen LogP contribution in [0.1, 0.15) is 12.8 Å². The summed E-state index contributed by atoms with van der Waals surface area (Å²) in [7, 11) is 0. The summed E-state index contributed by atoms with van der Waals surface area (Å²) in [5, 5.41) is 10.3. The number of carboxylic acids is 1. The third kappa shape index (κ3) is 3.05. The third-order valence-corrected chi connectivity index (χ3v) is 4.87. The topological polar surface area (TPSA) is 66.3 Å². The number of para-hydroxylation sites is 1. The van der Waals surface area contributed by atoms with Crippen LogP contribution < -0.4 is 4.90 Å². The lowest BCUT2D eigenvalue weighted by molar-refractivity contribution is -0.142. The minimum atomic E-state index is -0.689. The molecule has 1 aliphatic heterocycles. The highest BCUT2D eigenvalue weighted by molar-refractivity contribution is 5.94. The minimum absolute atomic E-state index is 0.232. The van der Waals surface area contributed by atoms with Crippen LogP contribution in [0, 0.1) is 5.92 Å². The second-order valence-electron chi connectivity index (χ2n) is 6.38. The summed E-state index contributed by atoms with van der Waals surface area (Å²) < 4.78 is 0. The zero-order chi connectivity index (χ0) is 17.2. The number of carboxylic acid groups (broad SMARTS) is 1. The van der Waals surface area contributed by atoms with Crippen molar-refractivity contribution in [3.63, 3.8) is 0 Å². The average molecular weight is 333 g/mol. The van der Waals surface area contributed by atoms with Gasteiger partial charge in [-0.25, -0.2) is 4.98 Å². The number of anilines is 1. The number of carbonyl (C=O) groups is 1. The van der Waals surface area contributed by atoms with E-state index in [1.165, 1.54) is 0 Å². The molecule has 4 rings (SSSR count). The third-order valence-electron chi connectivity index (χ3n) is 4.87. The predicted molar refractivity (Wildman–Crippen MR) is 97.5 cm³/mol. The Hall–Kier alpha value is -2.95. The number of pyridine rings is 2. The van der Waals surface area contributed by atoms with Crippen molar-refractivity contribution < 1.29 is 9.90 Å². The monoisotopic (exact) mass is 333 g/mol. The zero-order valence-electron chi connectivity index (χ0n) is 13.8. The molecule has 2 aromatic heterocycles. The van der Waals surface area contributed by atoms with Crippen LogP contribution >= 0.6 is 0 Å². The van der Waals surface area contributed by atoms with Gasteiger partial charge in [-0.1, -0.05) is 18.2 Å². The average Bonchev–Trinajstić information content (AvgIpc) is 2.68. The highest BCUT2D eigenvalue weighted by Gasteiger charge is 2.25. The van der Waals surface area contributed by atoms with Crippen molar-refractivity contribution in [1.29, 1.82) is 0 Å². The number of hydrogen-bond donors (Lipinski definition) is 1. The van der Waals surface area contributed by atoms with Gasteiger partial charge in [-0.05, 0) is 42.7 Å². The molecule has 0 spiro atoms.